The Hall–Kier alpha value is -3.30. The molecule has 0 radical (unpaired) electrons. The van der Waals surface area contributed by atoms with Gasteiger partial charge < -0.3 is 30.1 Å². The summed E-state index contributed by atoms with van der Waals surface area (Å²) in [6.07, 6.45) is 0.606. The molecular formula is C26H39N3O7. The highest BCUT2D eigenvalue weighted by Crippen LogP contribution is 2.38. The predicted molar refractivity (Wildman–Crippen MR) is 133 cm³/mol. The lowest BCUT2D eigenvalue weighted by Gasteiger charge is -2.36. The number of carbonyl (C=O) groups is 4. The molecule has 1 saturated carbocycles. The second-order valence-electron chi connectivity index (χ2n) is 10.2. The maximum atomic E-state index is 13.9. The summed E-state index contributed by atoms with van der Waals surface area (Å²) < 4.78 is 10.3. The molecule has 0 bridgehead atoms. The van der Waals surface area contributed by atoms with Crippen molar-refractivity contribution in [3.63, 3.8) is 0 Å². The number of rotatable bonds is 11. The molecule has 1 aromatic carbocycles. The molecule has 3 amide bonds. The van der Waals surface area contributed by atoms with Crippen molar-refractivity contribution in [3.05, 3.63) is 29.8 Å². The quantitative estimate of drug-likeness (QED) is 0.394. The molecule has 1 fully saturated rings. The van der Waals surface area contributed by atoms with Gasteiger partial charge in [0.2, 0.25) is 11.8 Å². The Morgan fingerprint density at radius 3 is 2.31 bits per heavy atom. The number of alkyl carbamates (subject to hydrolysis) is 1. The third-order valence-corrected chi connectivity index (χ3v) is 5.49. The second kappa shape index (κ2) is 12.6. The highest BCUT2D eigenvalue weighted by atomic mass is 16.6. The summed E-state index contributed by atoms with van der Waals surface area (Å²) >= 11 is 0. The van der Waals surface area contributed by atoms with E-state index in [1.807, 2.05) is 0 Å². The third-order valence-electron chi connectivity index (χ3n) is 5.49. The van der Waals surface area contributed by atoms with E-state index in [2.05, 4.69) is 10.6 Å². The smallest absolute Gasteiger partial charge is 0.408 e. The zero-order chi connectivity index (χ0) is 27.0. The van der Waals surface area contributed by atoms with Crippen LogP contribution >= 0.6 is 0 Å². The van der Waals surface area contributed by atoms with Crippen LogP contribution in [0, 0.1) is 5.92 Å². The lowest BCUT2D eigenvalue weighted by atomic mass is 9.98. The molecule has 3 N–H and O–H groups in total. The van der Waals surface area contributed by atoms with Crippen molar-refractivity contribution >= 4 is 23.9 Å². The number of hydrogen-bond donors (Lipinski definition) is 3. The van der Waals surface area contributed by atoms with E-state index in [0.29, 0.717) is 12.8 Å². The molecule has 36 heavy (non-hydrogen) atoms. The van der Waals surface area contributed by atoms with Gasteiger partial charge in [0, 0.05) is 18.2 Å². The third kappa shape index (κ3) is 8.42. The highest BCUT2D eigenvalue weighted by Gasteiger charge is 2.45. The van der Waals surface area contributed by atoms with Gasteiger partial charge >= 0.3 is 12.1 Å². The van der Waals surface area contributed by atoms with Crippen molar-refractivity contribution < 1.29 is 33.8 Å². The van der Waals surface area contributed by atoms with Crippen LogP contribution < -0.4 is 10.6 Å². The molecule has 10 nitrogen and oxygen atoms in total. The van der Waals surface area contributed by atoms with Crippen LogP contribution in [0.25, 0.3) is 0 Å². The van der Waals surface area contributed by atoms with Gasteiger partial charge in [-0.15, -0.1) is 0 Å². The molecular weight excluding hydrogens is 466 g/mol. The van der Waals surface area contributed by atoms with Gasteiger partial charge in [-0.25, -0.2) is 4.79 Å². The Labute approximate surface area is 212 Å². The number of phenolic OH excluding ortho intramolecular Hbond substituents is 1. The maximum Gasteiger partial charge on any atom is 0.408 e. The van der Waals surface area contributed by atoms with E-state index >= 15 is 0 Å². The summed E-state index contributed by atoms with van der Waals surface area (Å²) in [6, 6.07) is 3.97. The largest absolute Gasteiger partial charge is 0.508 e. The highest BCUT2D eigenvalue weighted by molar-refractivity contribution is 5.93. The molecule has 1 aromatic rings. The van der Waals surface area contributed by atoms with E-state index in [-0.39, 0.29) is 42.8 Å². The number of benzene rings is 1. The molecule has 1 aliphatic carbocycles. The number of para-hydroxylation sites is 1. The van der Waals surface area contributed by atoms with E-state index < -0.39 is 41.6 Å². The van der Waals surface area contributed by atoms with Crippen molar-refractivity contribution in [1.29, 1.82) is 0 Å². The maximum absolute atomic E-state index is 13.9. The second-order valence-corrected chi connectivity index (χ2v) is 10.2. The summed E-state index contributed by atoms with van der Waals surface area (Å²) in [5.41, 5.74) is -0.492. The van der Waals surface area contributed by atoms with Crippen LogP contribution in [0.4, 0.5) is 4.79 Å². The summed E-state index contributed by atoms with van der Waals surface area (Å²) in [4.78, 5) is 53.0. The van der Waals surface area contributed by atoms with Crippen LogP contribution in [0.3, 0.4) is 0 Å². The SMILES string of the molecule is CCOC(=O)CCNC(=O)C(c1ccccc1O)N(C(=O)C(NC(=O)OC(C)(C)C)C(C)C)C1CC1. The van der Waals surface area contributed by atoms with E-state index in [4.69, 9.17) is 9.47 Å². The number of aromatic hydroxyl groups is 1. The van der Waals surface area contributed by atoms with Crippen LogP contribution in [-0.4, -0.2) is 64.7 Å². The summed E-state index contributed by atoms with van der Waals surface area (Å²) in [7, 11) is 0. The van der Waals surface area contributed by atoms with Gasteiger partial charge in [0.15, 0.2) is 0 Å². The summed E-state index contributed by atoms with van der Waals surface area (Å²) in [5, 5.41) is 15.9. The van der Waals surface area contributed by atoms with E-state index in [9.17, 15) is 24.3 Å². The standard InChI is InChI=1S/C26H39N3O7/c1-7-35-20(31)14-15-27-23(32)22(18-10-8-9-11-19(18)30)29(17-12-13-17)24(33)21(16(2)3)28-25(34)36-26(4,5)6/h8-11,16-17,21-22,30H,7,12-15H2,1-6H3,(H,27,32)(H,28,34). The Morgan fingerprint density at radius 1 is 1.14 bits per heavy atom. The minimum atomic E-state index is -1.16. The fourth-order valence-corrected chi connectivity index (χ4v) is 3.73. The topological polar surface area (TPSA) is 134 Å². The fraction of sp³-hybridized carbons (Fsp3) is 0.615. The van der Waals surface area contributed by atoms with Gasteiger partial charge in [-0.3, -0.25) is 14.4 Å². The van der Waals surface area contributed by atoms with E-state index in [1.165, 1.54) is 11.0 Å². The number of nitrogens with one attached hydrogen (secondary N) is 2. The van der Waals surface area contributed by atoms with Crippen molar-refractivity contribution in [2.24, 2.45) is 5.92 Å². The molecule has 0 aromatic heterocycles. The van der Waals surface area contributed by atoms with E-state index in [1.54, 1.807) is 59.7 Å². The molecule has 200 valence electrons. The van der Waals surface area contributed by atoms with Gasteiger partial charge in [-0.2, -0.15) is 0 Å². The molecule has 10 heteroatoms. The number of phenols is 1. The normalized spacial score (nSPS) is 15.0. The first kappa shape index (κ1) is 28.9. The van der Waals surface area contributed by atoms with Gasteiger partial charge in [0.1, 0.15) is 23.4 Å². The monoisotopic (exact) mass is 505 g/mol. The van der Waals surface area contributed by atoms with Gasteiger partial charge in [0.05, 0.1) is 13.0 Å². The Balaban J connectivity index is 2.36. The van der Waals surface area contributed by atoms with Gasteiger partial charge in [-0.1, -0.05) is 32.0 Å². The molecule has 2 unspecified atom stereocenters. The molecule has 0 aliphatic heterocycles. The average Bonchev–Trinajstić information content (AvgIpc) is 3.60. The first-order valence-electron chi connectivity index (χ1n) is 12.4. The molecule has 0 heterocycles. The van der Waals surface area contributed by atoms with Crippen LogP contribution in [0.1, 0.15) is 72.4 Å². The van der Waals surface area contributed by atoms with E-state index in [0.717, 1.165) is 0 Å². The molecule has 2 atom stereocenters. The number of esters is 1. The first-order valence-corrected chi connectivity index (χ1v) is 12.4. The Kier molecular flexibility index (Phi) is 10.1. The lowest BCUT2D eigenvalue weighted by Crippen LogP contribution is -2.55. The first-order chi connectivity index (χ1) is 16.9. The minimum Gasteiger partial charge on any atom is -0.508 e. The minimum absolute atomic E-state index is 0.0121. The summed E-state index contributed by atoms with van der Waals surface area (Å²) in [6.45, 7) is 10.7. The number of amides is 3. The summed E-state index contributed by atoms with van der Waals surface area (Å²) in [5.74, 6) is -1.88. The van der Waals surface area contributed by atoms with Crippen molar-refractivity contribution in [2.45, 2.75) is 84.5 Å². The molecule has 0 spiro atoms. The number of hydrogen-bond acceptors (Lipinski definition) is 7. The predicted octanol–water partition coefficient (Wildman–Crippen LogP) is 3.04. The van der Waals surface area contributed by atoms with Crippen molar-refractivity contribution in [2.75, 3.05) is 13.2 Å². The molecule has 0 saturated heterocycles. The van der Waals surface area contributed by atoms with Crippen LogP contribution in [-0.2, 0) is 23.9 Å². The van der Waals surface area contributed by atoms with Crippen molar-refractivity contribution in [1.82, 2.24) is 15.5 Å². The lowest BCUT2D eigenvalue weighted by molar-refractivity contribution is -0.145. The van der Waals surface area contributed by atoms with Crippen LogP contribution in [0.5, 0.6) is 5.75 Å². The molecule has 1 aliphatic rings. The van der Waals surface area contributed by atoms with Crippen molar-refractivity contribution in [3.8, 4) is 5.75 Å². The number of carbonyl (C=O) groups excluding carboxylic acids is 4. The zero-order valence-corrected chi connectivity index (χ0v) is 22.0. The van der Waals surface area contributed by atoms with Gasteiger partial charge in [0.25, 0.3) is 0 Å². The Bertz CT molecular complexity index is 938. The number of ether oxygens (including phenoxy) is 2. The Morgan fingerprint density at radius 2 is 1.78 bits per heavy atom. The molecule has 2 rings (SSSR count). The van der Waals surface area contributed by atoms with Gasteiger partial charge in [-0.05, 0) is 52.5 Å². The zero-order valence-electron chi connectivity index (χ0n) is 22.0. The fourth-order valence-electron chi connectivity index (χ4n) is 3.73. The van der Waals surface area contributed by atoms with Crippen LogP contribution in [0.15, 0.2) is 24.3 Å². The van der Waals surface area contributed by atoms with Crippen LogP contribution in [0.2, 0.25) is 0 Å². The number of nitrogens with zero attached hydrogens (tertiary/aromatic N) is 1. The average molecular weight is 506 g/mol.